The molecule has 4 amide bonds. The van der Waals surface area contributed by atoms with Crippen LogP contribution in [0.2, 0.25) is 0 Å². The van der Waals surface area contributed by atoms with Gasteiger partial charge in [0.2, 0.25) is 0 Å². The van der Waals surface area contributed by atoms with Gasteiger partial charge in [-0.3, -0.25) is 14.9 Å². The van der Waals surface area contributed by atoms with Gasteiger partial charge in [-0.2, -0.15) is 9.90 Å². The number of carbonyl (C=O) groups is 3. The summed E-state index contributed by atoms with van der Waals surface area (Å²) >= 11 is 0. The van der Waals surface area contributed by atoms with Crippen molar-refractivity contribution in [2.45, 2.75) is 19.4 Å². The number of nitrogens with zero attached hydrogens (tertiary/aromatic N) is 3. The maximum absolute atomic E-state index is 13.3. The molecule has 3 rings (SSSR count). The van der Waals surface area contributed by atoms with Crippen LogP contribution in [0, 0.1) is 17.6 Å². The van der Waals surface area contributed by atoms with Crippen molar-refractivity contribution < 1.29 is 23.2 Å². The van der Waals surface area contributed by atoms with E-state index in [1.807, 2.05) is 0 Å². The second-order valence-corrected chi connectivity index (χ2v) is 6.33. The van der Waals surface area contributed by atoms with Crippen molar-refractivity contribution in [3.05, 3.63) is 41.7 Å². The number of urea groups is 1. The first kappa shape index (κ1) is 18.4. The molecular formula is C16H16F2N6O3. The zero-order valence-corrected chi connectivity index (χ0v) is 14.4. The number of amides is 4. The summed E-state index contributed by atoms with van der Waals surface area (Å²) in [5.74, 6) is -3.55. The third kappa shape index (κ3) is 3.35. The molecule has 1 aliphatic heterocycles. The first-order valence-corrected chi connectivity index (χ1v) is 8.02. The van der Waals surface area contributed by atoms with Crippen LogP contribution in [0.25, 0.3) is 5.69 Å². The van der Waals surface area contributed by atoms with Crippen molar-refractivity contribution in [3.8, 4) is 5.69 Å². The summed E-state index contributed by atoms with van der Waals surface area (Å²) in [6.45, 7) is 3.31. The topological polar surface area (TPSA) is 118 Å². The molecule has 1 aromatic carbocycles. The molecule has 1 fully saturated rings. The molecule has 0 unspecified atom stereocenters. The highest BCUT2D eigenvalue weighted by atomic mass is 19.2. The first-order valence-electron chi connectivity index (χ1n) is 8.02. The molecule has 27 heavy (non-hydrogen) atoms. The molecule has 9 nitrogen and oxygen atoms in total. The van der Waals surface area contributed by atoms with Gasteiger partial charge in [-0.15, -0.1) is 5.10 Å². The highest BCUT2D eigenvalue weighted by molar-refractivity contribution is 6.07. The molecular weight excluding hydrogens is 362 g/mol. The highest BCUT2D eigenvalue weighted by Crippen LogP contribution is 2.20. The molecule has 0 spiro atoms. The summed E-state index contributed by atoms with van der Waals surface area (Å²) in [6, 6.07) is 2.43. The zero-order valence-electron chi connectivity index (χ0n) is 14.4. The molecule has 1 aromatic heterocycles. The van der Waals surface area contributed by atoms with Crippen molar-refractivity contribution in [1.82, 2.24) is 30.9 Å². The van der Waals surface area contributed by atoms with E-state index in [4.69, 9.17) is 0 Å². The lowest BCUT2D eigenvalue weighted by atomic mass is 9.86. The molecule has 3 N–H and O–H groups in total. The van der Waals surface area contributed by atoms with Crippen molar-refractivity contribution in [1.29, 1.82) is 0 Å². The van der Waals surface area contributed by atoms with Crippen LogP contribution in [-0.4, -0.2) is 44.9 Å². The number of hydrogen-bond acceptors (Lipinski definition) is 5. The summed E-state index contributed by atoms with van der Waals surface area (Å²) in [6.07, 6.45) is 1.14. The summed E-state index contributed by atoms with van der Waals surface area (Å²) in [5, 5.41) is 15.0. The Hall–Kier alpha value is -3.37. The molecule has 0 saturated carbocycles. The Morgan fingerprint density at radius 2 is 2.04 bits per heavy atom. The number of benzene rings is 1. The number of imide groups is 1. The van der Waals surface area contributed by atoms with Gasteiger partial charge in [-0.1, -0.05) is 13.8 Å². The van der Waals surface area contributed by atoms with E-state index in [9.17, 15) is 23.2 Å². The maximum Gasteiger partial charge on any atom is 0.322 e. The van der Waals surface area contributed by atoms with E-state index in [-0.39, 0.29) is 23.8 Å². The van der Waals surface area contributed by atoms with E-state index < -0.39 is 35.0 Å². The molecule has 0 radical (unpaired) electrons. The van der Waals surface area contributed by atoms with Gasteiger partial charge in [0.15, 0.2) is 17.3 Å². The highest BCUT2D eigenvalue weighted by Gasteiger charge is 2.48. The minimum atomic E-state index is -1.27. The van der Waals surface area contributed by atoms with E-state index in [0.717, 1.165) is 23.1 Å². The van der Waals surface area contributed by atoms with Gasteiger partial charge in [0, 0.05) is 6.07 Å². The Labute approximate surface area is 152 Å². The Kier molecular flexibility index (Phi) is 4.60. The maximum atomic E-state index is 13.3. The summed E-state index contributed by atoms with van der Waals surface area (Å²) in [4.78, 5) is 36.8. The quantitative estimate of drug-likeness (QED) is 0.655. The van der Waals surface area contributed by atoms with Gasteiger partial charge in [0.05, 0.1) is 18.4 Å². The average Bonchev–Trinajstić information content (AvgIpc) is 3.20. The minimum Gasteiger partial charge on any atom is -0.348 e. The van der Waals surface area contributed by atoms with E-state index in [2.05, 4.69) is 26.1 Å². The number of nitrogens with one attached hydrogen (secondary N) is 3. The van der Waals surface area contributed by atoms with Crippen LogP contribution in [0.15, 0.2) is 24.4 Å². The zero-order chi connectivity index (χ0) is 19.8. The molecule has 1 aliphatic rings. The Balaban J connectivity index is 1.73. The standard InChI is InChI=1S/C16H16F2N6O3/c1-8(2)16(14(26)21-15(27)22-16)7-19-13(25)12-6-20-24(23-12)9-3-4-10(17)11(18)5-9/h3-6,8H,7H2,1-2H3,(H,19,25)(H2,21,22,26,27)/t16-/m0/s1. The van der Waals surface area contributed by atoms with E-state index >= 15 is 0 Å². The normalized spacial score (nSPS) is 19.1. The number of hydrogen-bond donors (Lipinski definition) is 3. The third-order valence-electron chi connectivity index (χ3n) is 4.34. The van der Waals surface area contributed by atoms with Crippen molar-refractivity contribution in [3.63, 3.8) is 0 Å². The van der Waals surface area contributed by atoms with Crippen LogP contribution in [0.1, 0.15) is 24.3 Å². The first-order chi connectivity index (χ1) is 12.7. The van der Waals surface area contributed by atoms with Crippen LogP contribution in [-0.2, 0) is 4.79 Å². The molecule has 1 saturated heterocycles. The molecule has 2 heterocycles. The lowest BCUT2D eigenvalue weighted by Crippen LogP contribution is -2.58. The van der Waals surface area contributed by atoms with Gasteiger partial charge >= 0.3 is 6.03 Å². The smallest absolute Gasteiger partial charge is 0.322 e. The van der Waals surface area contributed by atoms with E-state index in [1.54, 1.807) is 13.8 Å². The fourth-order valence-electron chi connectivity index (χ4n) is 2.65. The van der Waals surface area contributed by atoms with Crippen LogP contribution in [0.5, 0.6) is 0 Å². The van der Waals surface area contributed by atoms with Crippen LogP contribution in [0.3, 0.4) is 0 Å². The molecule has 142 valence electrons. The van der Waals surface area contributed by atoms with Crippen LogP contribution >= 0.6 is 0 Å². The molecule has 0 bridgehead atoms. The predicted octanol–water partition coefficient (Wildman–Crippen LogP) is 0.510. The van der Waals surface area contributed by atoms with Crippen LogP contribution in [0.4, 0.5) is 13.6 Å². The Morgan fingerprint density at radius 3 is 2.63 bits per heavy atom. The number of halogens is 2. The van der Waals surface area contributed by atoms with Crippen molar-refractivity contribution in [2.75, 3.05) is 6.54 Å². The van der Waals surface area contributed by atoms with Crippen LogP contribution < -0.4 is 16.0 Å². The van der Waals surface area contributed by atoms with Gasteiger partial charge < -0.3 is 10.6 Å². The summed E-state index contributed by atoms with van der Waals surface area (Å²) < 4.78 is 26.3. The fraction of sp³-hybridized carbons (Fsp3) is 0.312. The minimum absolute atomic E-state index is 0.0941. The summed E-state index contributed by atoms with van der Waals surface area (Å²) in [5.41, 5.74) is -1.24. The largest absolute Gasteiger partial charge is 0.348 e. The summed E-state index contributed by atoms with van der Waals surface area (Å²) in [7, 11) is 0. The second kappa shape index (κ2) is 6.74. The molecule has 2 aromatic rings. The van der Waals surface area contributed by atoms with Crippen molar-refractivity contribution >= 4 is 17.8 Å². The predicted molar refractivity (Wildman–Crippen MR) is 87.9 cm³/mol. The van der Waals surface area contributed by atoms with Crippen molar-refractivity contribution in [2.24, 2.45) is 5.92 Å². The van der Waals surface area contributed by atoms with E-state index in [0.29, 0.717) is 0 Å². The number of carbonyl (C=O) groups excluding carboxylic acids is 3. The SMILES string of the molecule is CC(C)[C@]1(CNC(=O)c2cnn(-c3ccc(F)c(F)c3)n2)NC(=O)NC1=O. The average molecular weight is 378 g/mol. The lowest BCUT2D eigenvalue weighted by Gasteiger charge is -2.30. The molecule has 0 aliphatic carbocycles. The Morgan fingerprint density at radius 1 is 1.30 bits per heavy atom. The second-order valence-electron chi connectivity index (χ2n) is 6.33. The van der Waals surface area contributed by atoms with Gasteiger partial charge in [-0.25, -0.2) is 13.6 Å². The number of aromatic nitrogens is 3. The van der Waals surface area contributed by atoms with E-state index in [1.165, 1.54) is 6.07 Å². The van der Waals surface area contributed by atoms with Gasteiger partial charge in [0.25, 0.3) is 11.8 Å². The molecule has 1 atom stereocenters. The third-order valence-corrected chi connectivity index (χ3v) is 4.34. The van der Waals surface area contributed by atoms with Gasteiger partial charge in [-0.05, 0) is 18.1 Å². The number of rotatable bonds is 5. The lowest BCUT2D eigenvalue weighted by molar-refractivity contribution is -0.125. The monoisotopic (exact) mass is 378 g/mol. The van der Waals surface area contributed by atoms with Gasteiger partial charge in [0.1, 0.15) is 5.54 Å². The molecule has 11 heteroatoms. The fourth-order valence-corrected chi connectivity index (χ4v) is 2.65. The Bertz CT molecular complexity index is 929.